The predicted molar refractivity (Wildman–Crippen MR) is 107 cm³/mol. The number of anilines is 2. The molecule has 0 fully saturated rings. The highest BCUT2D eigenvalue weighted by Gasteiger charge is 2.11. The van der Waals surface area contributed by atoms with Crippen molar-refractivity contribution in [3.05, 3.63) is 61.2 Å². The van der Waals surface area contributed by atoms with Gasteiger partial charge in [0.2, 0.25) is 5.95 Å². The molecule has 150 valence electrons. The third-order valence-electron chi connectivity index (χ3n) is 4.11. The highest BCUT2D eigenvalue weighted by Crippen LogP contribution is 2.27. The third kappa shape index (κ3) is 4.40. The molecule has 3 aromatic heterocycles. The molecule has 0 amide bonds. The van der Waals surface area contributed by atoms with Crippen molar-refractivity contribution in [3.63, 3.8) is 0 Å². The normalized spacial score (nSPS) is 10.7. The van der Waals surface area contributed by atoms with E-state index in [9.17, 15) is 5.26 Å². The minimum absolute atomic E-state index is 0.354. The monoisotopic (exact) mass is 402 g/mol. The van der Waals surface area contributed by atoms with Gasteiger partial charge >= 0.3 is 0 Å². The van der Waals surface area contributed by atoms with Crippen molar-refractivity contribution in [1.29, 1.82) is 5.26 Å². The fourth-order valence-electron chi connectivity index (χ4n) is 2.73. The zero-order valence-corrected chi connectivity index (χ0v) is 16.3. The van der Waals surface area contributed by atoms with E-state index in [-0.39, 0.29) is 0 Å². The number of hydroxylamine groups is 2. The van der Waals surface area contributed by atoms with E-state index in [4.69, 9.17) is 4.84 Å². The quantitative estimate of drug-likeness (QED) is 0.462. The molecule has 11 heteroatoms. The number of aryl methyl sites for hydroxylation is 1. The summed E-state index contributed by atoms with van der Waals surface area (Å²) in [5.74, 6) is 0.889. The minimum Gasteiger partial charge on any atom is -0.403 e. The molecule has 0 aliphatic carbocycles. The van der Waals surface area contributed by atoms with Gasteiger partial charge < -0.3 is 10.2 Å². The van der Waals surface area contributed by atoms with Crippen LogP contribution in [0.2, 0.25) is 0 Å². The maximum absolute atomic E-state index is 9.41. The Morgan fingerprint density at radius 2 is 2.00 bits per heavy atom. The Bertz CT molecular complexity index is 1160. The summed E-state index contributed by atoms with van der Waals surface area (Å²) < 4.78 is 3.30. The molecule has 0 atom stereocenters. The van der Waals surface area contributed by atoms with Crippen LogP contribution in [0.1, 0.15) is 5.56 Å². The van der Waals surface area contributed by atoms with Gasteiger partial charge in [-0.3, -0.25) is 4.68 Å². The summed E-state index contributed by atoms with van der Waals surface area (Å²) in [6, 6.07) is 7.46. The molecular formula is C19H18N10O. The Kier molecular flexibility index (Phi) is 5.31. The summed E-state index contributed by atoms with van der Waals surface area (Å²) in [6.07, 6.45) is 9.96. The first-order chi connectivity index (χ1) is 14.6. The van der Waals surface area contributed by atoms with Crippen LogP contribution in [0.3, 0.4) is 0 Å². The van der Waals surface area contributed by atoms with Gasteiger partial charge in [-0.1, -0.05) is 6.07 Å². The molecule has 0 saturated carbocycles. The van der Waals surface area contributed by atoms with Gasteiger partial charge in [0.1, 0.15) is 25.4 Å². The molecule has 0 unspecified atom stereocenters. The summed E-state index contributed by atoms with van der Waals surface area (Å²) >= 11 is 0. The van der Waals surface area contributed by atoms with E-state index >= 15 is 0 Å². The molecule has 0 aliphatic rings. The number of nitriles is 1. The topological polar surface area (TPSA) is 123 Å². The lowest BCUT2D eigenvalue weighted by molar-refractivity contribution is -0.0629. The number of hydrogen-bond acceptors (Lipinski definition) is 9. The molecule has 1 aromatic carbocycles. The van der Waals surface area contributed by atoms with E-state index in [2.05, 4.69) is 36.5 Å². The second kappa shape index (κ2) is 8.38. The van der Waals surface area contributed by atoms with Crippen LogP contribution in [0.25, 0.3) is 11.1 Å². The van der Waals surface area contributed by atoms with Crippen molar-refractivity contribution >= 4 is 11.6 Å². The van der Waals surface area contributed by atoms with Crippen molar-refractivity contribution in [1.82, 2.24) is 39.6 Å². The molecule has 0 aliphatic heterocycles. The lowest BCUT2D eigenvalue weighted by Crippen LogP contribution is -2.26. The molecule has 4 aromatic rings. The molecule has 30 heavy (non-hydrogen) atoms. The minimum atomic E-state index is 0.354. The average Bonchev–Trinajstić information content (AvgIpc) is 3.40. The van der Waals surface area contributed by atoms with E-state index < -0.39 is 0 Å². The van der Waals surface area contributed by atoms with Crippen molar-refractivity contribution in [2.45, 2.75) is 6.67 Å². The molecule has 0 radical (unpaired) electrons. The standard InChI is InChI=1S/C19H18N10O/c1-27-10-17(9-24-27)26-19-22-7-16(8-23-19)14-3-4-15(6-20)18(5-14)30-28(2)13-29-12-21-11-25-29/h3-5,7-12H,13H2,1-2H3,(H,22,23,26). The van der Waals surface area contributed by atoms with Crippen LogP contribution in [0, 0.1) is 11.3 Å². The van der Waals surface area contributed by atoms with Crippen LogP contribution in [-0.2, 0) is 13.7 Å². The van der Waals surface area contributed by atoms with Gasteiger partial charge in [0.25, 0.3) is 0 Å². The second-order valence-corrected chi connectivity index (χ2v) is 6.44. The maximum Gasteiger partial charge on any atom is 0.227 e. The number of aromatic nitrogens is 7. The Balaban J connectivity index is 1.51. The number of hydrogen-bond donors (Lipinski definition) is 1. The van der Waals surface area contributed by atoms with Crippen molar-refractivity contribution < 1.29 is 4.84 Å². The summed E-state index contributed by atoms with van der Waals surface area (Å²) in [7, 11) is 3.58. The van der Waals surface area contributed by atoms with Gasteiger partial charge in [-0.25, -0.2) is 19.6 Å². The molecule has 11 nitrogen and oxygen atoms in total. The summed E-state index contributed by atoms with van der Waals surface area (Å²) in [5, 5.41) is 22.2. The van der Waals surface area contributed by atoms with Gasteiger partial charge in [0.05, 0.1) is 17.4 Å². The molecule has 0 spiro atoms. The van der Waals surface area contributed by atoms with E-state index in [0.717, 1.165) is 16.8 Å². The van der Waals surface area contributed by atoms with Crippen LogP contribution >= 0.6 is 0 Å². The van der Waals surface area contributed by atoms with E-state index in [0.29, 0.717) is 23.9 Å². The molecule has 0 saturated heterocycles. The molecule has 3 heterocycles. The first-order valence-electron chi connectivity index (χ1n) is 8.94. The van der Waals surface area contributed by atoms with Gasteiger partial charge in [-0.15, -0.1) is 5.06 Å². The number of nitrogens with zero attached hydrogens (tertiary/aromatic N) is 9. The van der Waals surface area contributed by atoms with Gasteiger partial charge in [-0.05, 0) is 17.7 Å². The van der Waals surface area contributed by atoms with Crippen LogP contribution in [-0.4, -0.2) is 46.6 Å². The Morgan fingerprint density at radius 1 is 1.17 bits per heavy atom. The summed E-state index contributed by atoms with van der Waals surface area (Å²) in [4.78, 5) is 18.4. The highest BCUT2D eigenvalue weighted by molar-refractivity contribution is 5.66. The van der Waals surface area contributed by atoms with E-state index in [1.807, 2.05) is 19.3 Å². The average molecular weight is 402 g/mol. The zero-order chi connectivity index (χ0) is 20.9. The summed E-state index contributed by atoms with van der Waals surface area (Å²) in [6.45, 7) is 0.354. The fourth-order valence-corrected chi connectivity index (χ4v) is 2.73. The first-order valence-corrected chi connectivity index (χ1v) is 8.94. The molecule has 1 N–H and O–H groups in total. The smallest absolute Gasteiger partial charge is 0.227 e. The second-order valence-electron chi connectivity index (χ2n) is 6.44. The highest BCUT2D eigenvalue weighted by atomic mass is 16.7. The largest absolute Gasteiger partial charge is 0.403 e. The van der Waals surface area contributed by atoms with Crippen molar-refractivity contribution in [2.75, 3.05) is 12.4 Å². The predicted octanol–water partition coefficient (Wildman–Crippen LogP) is 1.97. The Hall–Kier alpha value is -4.30. The lowest BCUT2D eigenvalue weighted by Gasteiger charge is -2.18. The zero-order valence-electron chi connectivity index (χ0n) is 16.3. The molecule has 0 bridgehead atoms. The first kappa shape index (κ1) is 19.0. The summed E-state index contributed by atoms with van der Waals surface area (Å²) in [5.41, 5.74) is 2.83. The van der Waals surface area contributed by atoms with Gasteiger partial charge in [-0.2, -0.15) is 15.5 Å². The lowest BCUT2D eigenvalue weighted by atomic mass is 10.1. The Morgan fingerprint density at radius 3 is 2.67 bits per heavy atom. The van der Waals surface area contributed by atoms with Crippen molar-refractivity contribution in [3.8, 4) is 22.9 Å². The Labute approximate surface area is 172 Å². The van der Waals surface area contributed by atoms with Gasteiger partial charge in [0.15, 0.2) is 5.75 Å². The van der Waals surface area contributed by atoms with Crippen molar-refractivity contribution in [2.24, 2.45) is 7.05 Å². The maximum atomic E-state index is 9.41. The third-order valence-corrected chi connectivity index (χ3v) is 4.11. The number of benzene rings is 1. The molecule has 4 rings (SSSR count). The van der Waals surface area contributed by atoms with Crippen LogP contribution in [0.15, 0.2) is 55.6 Å². The fraction of sp³-hybridized carbons (Fsp3) is 0.158. The van der Waals surface area contributed by atoms with Crippen LogP contribution in [0.4, 0.5) is 11.6 Å². The van der Waals surface area contributed by atoms with E-state index in [1.165, 1.54) is 6.33 Å². The molecular weight excluding hydrogens is 384 g/mol. The number of nitrogens with one attached hydrogen (secondary N) is 1. The van der Waals surface area contributed by atoms with E-state index in [1.54, 1.807) is 58.5 Å². The number of rotatable bonds is 7. The van der Waals surface area contributed by atoms with Gasteiger partial charge in [0, 0.05) is 38.2 Å². The van der Waals surface area contributed by atoms with Crippen LogP contribution < -0.4 is 10.2 Å². The van der Waals surface area contributed by atoms with Crippen LogP contribution in [0.5, 0.6) is 5.75 Å². The SMILES string of the molecule is CN(Cn1cncn1)Oc1cc(-c2cnc(Nc3cnn(C)c3)nc2)ccc1C#N.